The number of nitrogens with zero attached hydrogens (tertiary/aromatic N) is 2. The van der Waals surface area contributed by atoms with Crippen LogP contribution in [0, 0.1) is 5.82 Å². The Hall–Kier alpha value is -2.56. The molecule has 0 amide bonds. The summed E-state index contributed by atoms with van der Waals surface area (Å²) in [5.74, 6) is -0.242. The number of ether oxygens (including phenoxy) is 3. The number of aliphatic hydroxyl groups excluding tert-OH is 2. The van der Waals surface area contributed by atoms with Gasteiger partial charge in [0.25, 0.3) is 6.01 Å². The quantitative estimate of drug-likeness (QED) is 0.443. The van der Waals surface area contributed by atoms with Gasteiger partial charge in [0, 0.05) is 6.61 Å². The van der Waals surface area contributed by atoms with Gasteiger partial charge in [-0.1, -0.05) is 29.8 Å². The van der Waals surface area contributed by atoms with E-state index < -0.39 is 6.10 Å². The van der Waals surface area contributed by atoms with Crippen molar-refractivity contribution < 1.29 is 28.8 Å². The van der Waals surface area contributed by atoms with E-state index in [-0.39, 0.29) is 49.3 Å². The molecule has 190 valence electrons. The summed E-state index contributed by atoms with van der Waals surface area (Å²) >= 11 is 6.57. The molecule has 1 unspecified atom stereocenters. The van der Waals surface area contributed by atoms with Crippen molar-refractivity contribution >= 4 is 28.8 Å². The largest absolute Gasteiger partial charge is 0.456 e. The monoisotopic (exact) mass is 515 g/mol. The minimum absolute atomic E-state index is 0.0221. The summed E-state index contributed by atoms with van der Waals surface area (Å²) in [7, 11) is 0. The van der Waals surface area contributed by atoms with E-state index in [4.69, 9.17) is 30.9 Å². The van der Waals surface area contributed by atoms with Crippen molar-refractivity contribution in [1.29, 1.82) is 0 Å². The van der Waals surface area contributed by atoms with Crippen LogP contribution in [0.2, 0.25) is 5.02 Å². The second kappa shape index (κ2) is 9.72. The first kappa shape index (κ1) is 23.8. The molecule has 10 heteroatoms. The fraction of sp³-hybridized carbons (Fsp3) is 0.462. The molecule has 3 aliphatic rings. The number of H-pyrrole nitrogens is 1. The maximum Gasteiger partial charge on any atom is 0.296 e. The molecule has 8 nitrogen and oxygen atoms in total. The van der Waals surface area contributed by atoms with Crippen LogP contribution >= 0.6 is 11.6 Å². The number of hydrogen-bond acceptors (Lipinski definition) is 7. The Labute approximate surface area is 212 Å². The van der Waals surface area contributed by atoms with Gasteiger partial charge < -0.3 is 29.4 Å². The molecule has 2 aromatic heterocycles. The van der Waals surface area contributed by atoms with Gasteiger partial charge in [0.15, 0.2) is 11.8 Å². The predicted octanol–water partition coefficient (Wildman–Crippen LogP) is 3.32. The highest BCUT2D eigenvalue weighted by atomic mass is 35.5. The van der Waals surface area contributed by atoms with Crippen LogP contribution in [0.5, 0.6) is 6.01 Å². The highest BCUT2D eigenvalue weighted by Crippen LogP contribution is 2.39. The molecule has 3 aromatic rings. The van der Waals surface area contributed by atoms with Crippen LogP contribution in [-0.2, 0) is 22.3 Å². The Morgan fingerprint density at radius 1 is 1.19 bits per heavy atom. The number of aliphatic hydroxyl groups is 2. The van der Waals surface area contributed by atoms with Gasteiger partial charge in [-0.25, -0.2) is 9.37 Å². The fourth-order valence-electron chi connectivity index (χ4n) is 5.48. The number of halogens is 2. The molecule has 5 atom stereocenters. The first-order chi connectivity index (χ1) is 17.5. The molecule has 1 aromatic carbocycles. The molecule has 2 aliphatic heterocycles. The maximum atomic E-state index is 15.1. The number of aryl methyl sites for hydroxylation is 1. The number of hydrogen-bond donors (Lipinski definition) is 3. The summed E-state index contributed by atoms with van der Waals surface area (Å²) in [4.78, 5) is 12.2. The number of nitrogens with one attached hydrogen (secondary N) is 1. The molecule has 1 aliphatic carbocycles. The standard InChI is InChI=1S/C26H27ClFN3O5/c27-16-10-19-25(31-26(30-19)36-21-12-35-23-20(33)11-34-24(21)23)29-18(16)9-15-5-4-14-7-13(3-1-2-6-32)8-17(28)22(14)15/h1,3,7-8,10,15,20-21,23-24,32-33H,2,4-6,9,11-12H2,(H,29,30,31)/b3-1+/t15?,20-,21-,23-,24-/m1/s1. The van der Waals surface area contributed by atoms with Crippen LogP contribution in [0.15, 0.2) is 24.3 Å². The van der Waals surface area contributed by atoms with Crippen LogP contribution in [0.1, 0.15) is 41.1 Å². The summed E-state index contributed by atoms with van der Waals surface area (Å²) < 4.78 is 32.3. The molecule has 0 spiro atoms. The van der Waals surface area contributed by atoms with E-state index in [0.717, 1.165) is 29.5 Å². The zero-order valence-electron chi connectivity index (χ0n) is 19.5. The third-order valence-corrected chi connectivity index (χ3v) is 7.50. The number of aromatic nitrogens is 3. The van der Waals surface area contributed by atoms with Crippen LogP contribution < -0.4 is 4.74 Å². The number of imidazole rings is 1. The van der Waals surface area contributed by atoms with Crippen molar-refractivity contribution in [2.45, 2.75) is 56.0 Å². The Balaban J connectivity index is 1.20. The van der Waals surface area contributed by atoms with Crippen molar-refractivity contribution in [3.05, 3.63) is 57.5 Å². The molecule has 0 saturated carbocycles. The van der Waals surface area contributed by atoms with E-state index in [2.05, 4.69) is 15.0 Å². The number of pyridine rings is 1. The predicted molar refractivity (Wildman–Crippen MR) is 131 cm³/mol. The SMILES string of the molecule is OCC/C=C/c1cc(F)c2c(c1)CCC2Cc1nc2nc(O[C@@H]3CO[C@H]4[C@@H]3OC[C@H]4O)[nH]c2cc1Cl. The zero-order chi connectivity index (χ0) is 24.8. The van der Waals surface area contributed by atoms with Gasteiger partial charge in [-0.15, -0.1) is 0 Å². The van der Waals surface area contributed by atoms with E-state index in [1.165, 1.54) is 0 Å². The number of benzene rings is 1. The van der Waals surface area contributed by atoms with Gasteiger partial charge in [0.05, 0.1) is 29.4 Å². The third-order valence-electron chi connectivity index (χ3n) is 7.18. The van der Waals surface area contributed by atoms with E-state index in [9.17, 15) is 5.11 Å². The summed E-state index contributed by atoms with van der Waals surface area (Å²) in [6, 6.07) is 5.62. The molecular weight excluding hydrogens is 489 g/mol. The topological polar surface area (TPSA) is 110 Å². The van der Waals surface area contributed by atoms with Crippen LogP contribution in [0.4, 0.5) is 4.39 Å². The van der Waals surface area contributed by atoms with Gasteiger partial charge in [0.2, 0.25) is 0 Å². The maximum absolute atomic E-state index is 15.1. The summed E-state index contributed by atoms with van der Waals surface area (Å²) in [6.45, 7) is 0.596. The minimum atomic E-state index is -0.651. The zero-order valence-corrected chi connectivity index (χ0v) is 20.2. The lowest BCUT2D eigenvalue weighted by Crippen LogP contribution is -2.34. The molecule has 2 saturated heterocycles. The van der Waals surface area contributed by atoms with Gasteiger partial charge in [0.1, 0.15) is 24.1 Å². The number of rotatable bonds is 7. The molecule has 6 rings (SSSR count). The van der Waals surface area contributed by atoms with Crippen LogP contribution in [0.25, 0.3) is 17.2 Å². The molecule has 3 N–H and O–H groups in total. The van der Waals surface area contributed by atoms with Crippen molar-refractivity contribution in [3.8, 4) is 6.01 Å². The van der Waals surface area contributed by atoms with Crippen molar-refractivity contribution in [3.63, 3.8) is 0 Å². The first-order valence-electron chi connectivity index (χ1n) is 12.2. The molecular formula is C26H27ClFN3O5. The molecule has 0 radical (unpaired) electrons. The normalized spacial score (nSPS) is 27.3. The average Bonchev–Trinajstić information content (AvgIpc) is 3.61. The minimum Gasteiger partial charge on any atom is -0.456 e. The lowest BCUT2D eigenvalue weighted by atomic mass is 9.94. The van der Waals surface area contributed by atoms with Crippen LogP contribution in [0.3, 0.4) is 0 Å². The highest BCUT2D eigenvalue weighted by Gasteiger charge is 2.48. The third kappa shape index (κ3) is 4.39. The smallest absolute Gasteiger partial charge is 0.296 e. The summed E-state index contributed by atoms with van der Waals surface area (Å²) in [5, 5.41) is 19.4. The summed E-state index contributed by atoms with van der Waals surface area (Å²) in [6.07, 6.45) is 4.58. The summed E-state index contributed by atoms with van der Waals surface area (Å²) in [5.41, 5.74) is 4.31. The van der Waals surface area contributed by atoms with Crippen molar-refractivity contribution in [2.75, 3.05) is 19.8 Å². The van der Waals surface area contributed by atoms with E-state index in [1.54, 1.807) is 12.1 Å². The Morgan fingerprint density at radius 3 is 2.92 bits per heavy atom. The lowest BCUT2D eigenvalue weighted by molar-refractivity contribution is 0.00706. The number of fused-ring (bicyclic) bond motifs is 3. The fourth-order valence-corrected chi connectivity index (χ4v) is 5.71. The van der Waals surface area contributed by atoms with Gasteiger partial charge in [-0.3, -0.25) is 0 Å². The Morgan fingerprint density at radius 2 is 2.06 bits per heavy atom. The second-order valence-corrected chi connectivity index (χ2v) is 9.99. The molecule has 2 fully saturated rings. The van der Waals surface area contributed by atoms with Crippen molar-refractivity contribution in [2.24, 2.45) is 0 Å². The first-order valence-corrected chi connectivity index (χ1v) is 12.6. The second-order valence-electron chi connectivity index (χ2n) is 9.58. The number of aromatic amines is 1. The average molecular weight is 516 g/mol. The van der Waals surface area contributed by atoms with Gasteiger partial charge in [-0.2, -0.15) is 4.98 Å². The molecule has 36 heavy (non-hydrogen) atoms. The van der Waals surface area contributed by atoms with E-state index in [0.29, 0.717) is 41.3 Å². The molecule has 0 bridgehead atoms. The lowest BCUT2D eigenvalue weighted by Gasteiger charge is -2.15. The Kier molecular flexibility index (Phi) is 6.43. The van der Waals surface area contributed by atoms with Gasteiger partial charge in [-0.05, 0) is 60.4 Å². The van der Waals surface area contributed by atoms with Crippen LogP contribution in [-0.4, -0.2) is 69.4 Å². The molecule has 4 heterocycles. The van der Waals surface area contributed by atoms with E-state index >= 15 is 4.39 Å². The van der Waals surface area contributed by atoms with E-state index in [1.807, 2.05) is 18.2 Å². The Bertz CT molecular complexity index is 1310. The van der Waals surface area contributed by atoms with Gasteiger partial charge >= 0.3 is 0 Å². The van der Waals surface area contributed by atoms with Crippen molar-refractivity contribution in [1.82, 2.24) is 15.0 Å². The highest BCUT2D eigenvalue weighted by molar-refractivity contribution is 6.31.